The lowest BCUT2D eigenvalue weighted by molar-refractivity contribution is -0.0154. The summed E-state index contributed by atoms with van der Waals surface area (Å²) in [4.78, 5) is 18.4. The highest BCUT2D eigenvalue weighted by Gasteiger charge is 2.25. The third-order valence-corrected chi connectivity index (χ3v) is 5.03. The van der Waals surface area contributed by atoms with Gasteiger partial charge in [-0.15, -0.1) is 0 Å². The van der Waals surface area contributed by atoms with Gasteiger partial charge in [-0.1, -0.05) is 35.9 Å². The number of hydrogen-bond donors (Lipinski definition) is 1. The lowest BCUT2D eigenvalue weighted by Gasteiger charge is -2.33. The van der Waals surface area contributed by atoms with Crippen LogP contribution in [0.5, 0.6) is 0 Å². The number of ether oxygens (including phenoxy) is 1. The van der Waals surface area contributed by atoms with Gasteiger partial charge in [0, 0.05) is 36.2 Å². The fraction of sp³-hybridized carbons (Fsp3) is 0.238. The highest BCUT2D eigenvalue weighted by atomic mass is 35.5. The van der Waals surface area contributed by atoms with Crippen molar-refractivity contribution in [3.05, 3.63) is 83.4 Å². The Morgan fingerprint density at radius 3 is 2.68 bits per heavy atom. The lowest BCUT2D eigenvalue weighted by Crippen LogP contribution is -2.46. The van der Waals surface area contributed by atoms with Crippen LogP contribution in [0.15, 0.2) is 67.3 Å². The van der Waals surface area contributed by atoms with E-state index in [2.05, 4.69) is 10.3 Å². The first-order valence-electron chi connectivity index (χ1n) is 9.16. The molecular formula is C21H21ClN4O2. The summed E-state index contributed by atoms with van der Waals surface area (Å²) >= 11 is 5.95. The molecule has 0 aliphatic carbocycles. The molecule has 6 nitrogen and oxygen atoms in total. The summed E-state index contributed by atoms with van der Waals surface area (Å²) < 4.78 is 7.76. The van der Waals surface area contributed by atoms with Gasteiger partial charge in [0.15, 0.2) is 0 Å². The van der Waals surface area contributed by atoms with Crippen LogP contribution in [0.4, 0.5) is 4.79 Å². The van der Waals surface area contributed by atoms with E-state index in [0.29, 0.717) is 31.3 Å². The molecule has 1 unspecified atom stereocenters. The summed E-state index contributed by atoms with van der Waals surface area (Å²) in [6.45, 7) is 2.09. The molecule has 28 heavy (non-hydrogen) atoms. The second-order valence-corrected chi connectivity index (χ2v) is 7.09. The van der Waals surface area contributed by atoms with Crippen LogP contribution in [0.2, 0.25) is 5.02 Å². The van der Waals surface area contributed by atoms with Gasteiger partial charge in [-0.25, -0.2) is 9.78 Å². The topological polar surface area (TPSA) is 59.4 Å². The van der Waals surface area contributed by atoms with E-state index in [9.17, 15) is 4.79 Å². The van der Waals surface area contributed by atoms with Crippen molar-refractivity contribution in [3.8, 4) is 5.69 Å². The van der Waals surface area contributed by atoms with E-state index < -0.39 is 0 Å². The smallest absolute Gasteiger partial charge is 0.317 e. The van der Waals surface area contributed by atoms with Gasteiger partial charge in [0.25, 0.3) is 0 Å². The monoisotopic (exact) mass is 396 g/mol. The molecule has 4 rings (SSSR count). The number of amides is 2. The number of hydrogen-bond acceptors (Lipinski definition) is 3. The Labute approximate surface area is 168 Å². The van der Waals surface area contributed by atoms with Gasteiger partial charge < -0.3 is 19.5 Å². The van der Waals surface area contributed by atoms with Crippen molar-refractivity contribution < 1.29 is 9.53 Å². The molecule has 1 N–H and O–H groups in total. The zero-order valence-corrected chi connectivity index (χ0v) is 16.0. The highest BCUT2D eigenvalue weighted by Crippen LogP contribution is 2.23. The maximum atomic E-state index is 12.6. The number of imidazole rings is 1. The maximum absolute atomic E-state index is 12.6. The summed E-state index contributed by atoms with van der Waals surface area (Å²) in [6.07, 6.45) is 5.26. The van der Waals surface area contributed by atoms with Crippen LogP contribution in [0, 0.1) is 0 Å². The van der Waals surface area contributed by atoms with E-state index in [-0.39, 0.29) is 12.1 Å². The molecule has 0 bridgehead atoms. The summed E-state index contributed by atoms with van der Waals surface area (Å²) in [5.74, 6) is 0. The minimum Gasteiger partial charge on any atom is -0.370 e. The molecule has 2 amide bonds. The van der Waals surface area contributed by atoms with Crippen LogP contribution >= 0.6 is 11.6 Å². The van der Waals surface area contributed by atoms with Crippen LogP contribution in [-0.2, 0) is 11.3 Å². The first-order valence-corrected chi connectivity index (χ1v) is 9.54. The van der Waals surface area contributed by atoms with Crippen LogP contribution in [0.25, 0.3) is 5.69 Å². The third kappa shape index (κ3) is 4.35. The van der Waals surface area contributed by atoms with E-state index in [4.69, 9.17) is 16.3 Å². The molecule has 1 fully saturated rings. The van der Waals surface area contributed by atoms with E-state index >= 15 is 0 Å². The van der Waals surface area contributed by atoms with Gasteiger partial charge in [0.1, 0.15) is 6.10 Å². The van der Waals surface area contributed by atoms with Crippen molar-refractivity contribution in [2.45, 2.75) is 12.6 Å². The second kappa shape index (κ2) is 8.46. The molecule has 1 atom stereocenters. The molecule has 144 valence electrons. The van der Waals surface area contributed by atoms with E-state index in [1.165, 1.54) is 0 Å². The molecule has 7 heteroatoms. The molecule has 2 heterocycles. The van der Waals surface area contributed by atoms with E-state index in [1.807, 2.05) is 59.3 Å². The Balaban J connectivity index is 1.32. The van der Waals surface area contributed by atoms with Crippen LogP contribution in [-0.4, -0.2) is 40.2 Å². The first-order chi connectivity index (χ1) is 13.7. The molecule has 1 saturated heterocycles. The predicted octanol–water partition coefficient (Wildman–Crippen LogP) is 3.81. The summed E-state index contributed by atoms with van der Waals surface area (Å²) in [5, 5.41) is 3.68. The standard InChI is InChI=1S/C21H21ClN4O2/c22-18-5-3-17(4-6-18)20-14-25(11-12-28-20)21(27)24-13-16-1-7-19(8-2-16)26-10-9-23-15-26/h1-10,15,20H,11-14H2,(H,24,27). The quantitative estimate of drug-likeness (QED) is 0.729. The number of rotatable bonds is 4. The third-order valence-electron chi connectivity index (χ3n) is 4.78. The Bertz CT molecular complexity index is 911. The van der Waals surface area contributed by atoms with Crippen LogP contribution < -0.4 is 5.32 Å². The highest BCUT2D eigenvalue weighted by molar-refractivity contribution is 6.30. The molecule has 1 aliphatic heterocycles. The van der Waals surface area contributed by atoms with Gasteiger partial charge in [-0.05, 0) is 35.4 Å². The number of carbonyl (C=O) groups is 1. The minimum absolute atomic E-state index is 0.0825. The number of benzene rings is 2. The van der Waals surface area contributed by atoms with Gasteiger partial charge in [-0.2, -0.15) is 0 Å². The average Bonchev–Trinajstić information content (AvgIpc) is 3.28. The summed E-state index contributed by atoms with van der Waals surface area (Å²) in [5.41, 5.74) is 3.10. The Hall–Kier alpha value is -2.83. The van der Waals surface area contributed by atoms with Crippen molar-refractivity contribution in [3.63, 3.8) is 0 Å². The number of halogens is 1. The molecular weight excluding hydrogens is 376 g/mol. The number of nitrogens with one attached hydrogen (secondary N) is 1. The van der Waals surface area contributed by atoms with Crippen molar-refractivity contribution in [2.75, 3.05) is 19.7 Å². The minimum atomic E-state index is -0.133. The second-order valence-electron chi connectivity index (χ2n) is 6.65. The van der Waals surface area contributed by atoms with Gasteiger partial charge >= 0.3 is 6.03 Å². The van der Waals surface area contributed by atoms with E-state index in [0.717, 1.165) is 16.8 Å². The largest absolute Gasteiger partial charge is 0.370 e. The lowest BCUT2D eigenvalue weighted by atomic mass is 10.1. The first kappa shape index (κ1) is 18.5. The Morgan fingerprint density at radius 1 is 1.18 bits per heavy atom. The average molecular weight is 397 g/mol. The normalized spacial score (nSPS) is 16.8. The SMILES string of the molecule is O=C(NCc1ccc(-n2ccnc2)cc1)N1CCOC(c2ccc(Cl)cc2)C1. The van der Waals surface area contributed by atoms with Crippen molar-refractivity contribution in [1.82, 2.24) is 19.8 Å². The Kier molecular flexibility index (Phi) is 5.60. The maximum Gasteiger partial charge on any atom is 0.317 e. The number of carbonyl (C=O) groups excluding carboxylic acids is 1. The molecule has 0 saturated carbocycles. The van der Waals surface area contributed by atoms with Crippen molar-refractivity contribution in [2.24, 2.45) is 0 Å². The van der Waals surface area contributed by atoms with Gasteiger partial charge in [0.05, 0.1) is 19.5 Å². The van der Waals surface area contributed by atoms with Crippen LogP contribution in [0.3, 0.4) is 0 Å². The number of nitrogens with zero attached hydrogens (tertiary/aromatic N) is 3. The van der Waals surface area contributed by atoms with Crippen LogP contribution in [0.1, 0.15) is 17.2 Å². The zero-order valence-electron chi connectivity index (χ0n) is 15.3. The molecule has 1 aromatic heterocycles. The number of morpholine rings is 1. The molecule has 1 aliphatic rings. The molecule has 2 aromatic carbocycles. The Morgan fingerprint density at radius 2 is 1.96 bits per heavy atom. The zero-order chi connectivity index (χ0) is 19.3. The fourth-order valence-corrected chi connectivity index (χ4v) is 3.33. The van der Waals surface area contributed by atoms with E-state index in [1.54, 1.807) is 17.4 Å². The number of urea groups is 1. The molecule has 0 radical (unpaired) electrons. The molecule has 3 aromatic rings. The van der Waals surface area contributed by atoms with Gasteiger partial charge in [0.2, 0.25) is 0 Å². The summed E-state index contributed by atoms with van der Waals surface area (Å²) in [7, 11) is 0. The van der Waals surface area contributed by atoms with Crippen molar-refractivity contribution in [1.29, 1.82) is 0 Å². The molecule has 0 spiro atoms. The summed E-state index contributed by atoms with van der Waals surface area (Å²) in [6, 6.07) is 15.5. The fourth-order valence-electron chi connectivity index (χ4n) is 3.20. The van der Waals surface area contributed by atoms with Crippen molar-refractivity contribution >= 4 is 17.6 Å². The van der Waals surface area contributed by atoms with Gasteiger partial charge in [-0.3, -0.25) is 0 Å². The predicted molar refractivity (Wildman–Crippen MR) is 108 cm³/mol. The number of aromatic nitrogens is 2.